The molecule has 1 fully saturated rings. The number of carbonyl (C=O) groups excluding carboxylic acids is 1. The molecule has 142 valence electrons. The van der Waals surface area contributed by atoms with Crippen molar-refractivity contribution in [3.8, 4) is 11.4 Å². The zero-order chi connectivity index (χ0) is 18.6. The number of benzene rings is 1. The second-order valence-electron chi connectivity index (χ2n) is 7.35. The molecule has 1 N–H and O–H groups in total. The Morgan fingerprint density at radius 1 is 1.15 bits per heavy atom. The number of carbonyl (C=O) groups is 1. The first-order chi connectivity index (χ1) is 13.2. The Morgan fingerprint density at radius 3 is 2.81 bits per heavy atom. The van der Waals surface area contributed by atoms with Crippen LogP contribution in [0.1, 0.15) is 30.5 Å². The molecule has 2 aromatic rings. The van der Waals surface area contributed by atoms with Gasteiger partial charge in [-0.3, -0.25) is 4.79 Å². The van der Waals surface area contributed by atoms with Crippen LogP contribution >= 0.6 is 0 Å². The number of aromatic nitrogens is 2. The fraction of sp³-hybridized carbons (Fsp3) is 0.476. The van der Waals surface area contributed by atoms with Crippen molar-refractivity contribution >= 4 is 11.7 Å². The molecule has 4 rings (SSSR count). The van der Waals surface area contributed by atoms with E-state index in [1.165, 1.54) is 5.56 Å². The zero-order valence-corrected chi connectivity index (χ0v) is 15.9. The molecule has 1 saturated heterocycles. The Labute approximate surface area is 160 Å². The van der Waals surface area contributed by atoms with E-state index in [-0.39, 0.29) is 5.91 Å². The van der Waals surface area contributed by atoms with Gasteiger partial charge < -0.3 is 15.1 Å². The van der Waals surface area contributed by atoms with Gasteiger partial charge in [0.1, 0.15) is 5.82 Å². The van der Waals surface area contributed by atoms with Crippen LogP contribution in [0, 0.1) is 0 Å². The summed E-state index contributed by atoms with van der Waals surface area (Å²) in [6.45, 7) is 4.16. The Kier molecular flexibility index (Phi) is 5.34. The van der Waals surface area contributed by atoms with Crippen molar-refractivity contribution in [1.82, 2.24) is 20.2 Å². The van der Waals surface area contributed by atoms with Crippen molar-refractivity contribution in [1.29, 1.82) is 0 Å². The number of likely N-dealkylation sites (N-methyl/N-ethyl adjacent to an activating group) is 1. The largest absolute Gasteiger partial charge is 0.358 e. The summed E-state index contributed by atoms with van der Waals surface area (Å²) in [5.41, 5.74) is 3.36. The number of amides is 1. The van der Waals surface area contributed by atoms with E-state index in [4.69, 9.17) is 9.97 Å². The summed E-state index contributed by atoms with van der Waals surface area (Å²) in [6.07, 6.45) is 3.77. The highest BCUT2D eigenvalue weighted by atomic mass is 16.2. The SMILES string of the molecule is CN(CCN1CCCCC1=O)c1nc(-c2ccccc2)nc2c1CCNC2. The van der Waals surface area contributed by atoms with Crippen LogP contribution in [-0.4, -0.2) is 54.0 Å². The van der Waals surface area contributed by atoms with Gasteiger partial charge in [-0.15, -0.1) is 0 Å². The summed E-state index contributed by atoms with van der Waals surface area (Å²) >= 11 is 0. The second kappa shape index (κ2) is 8.05. The Morgan fingerprint density at radius 2 is 2.00 bits per heavy atom. The zero-order valence-electron chi connectivity index (χ0n) is 15.9. The maximum Gasteiger partial charge on any atom is 0.222 e. The van der Waals surface area contributed by atoms with E-state index in [1.54, 1.807) is 0 Å². The molecule has 0 atom stereocenters. The van der Waals surface area contributed by atoms with Crippen LogP contribution in [0.3, 0.4) is 0 Å². The average Bonchev–Trinajstić information content (AvgIpc) is 2.73. The quantitative estimate of drug-likeness (QED) is 0.880. The first-order valence-corrected chi connectivity index (χ1v) is 9.87. The predicted octanol–water partition coefficient (Wildman–Crippen LogP) is 2.24. The summed E-state index contributed by atoms with van der Waals surface area (Å²) in [4.78, 5) is 26.0. The fourth-order valence-corrected chi connectivity index (χ4v) is 3.85. The number of piperidine rings is 1. The number of nitrogens with zero attached hydrogens (tertiary/aromatic N) is 4. The van der Waals surface area contributed by atoms with Gasteiger partial charge in [0.2, 0.25) is 5.91 Å². The predicted molar refractivity (Wildman–Crippen MR) is 107 cm³/mol. The number of likely N-dealkylation sites (tertiary alicyclic amines) is 1. The standard InChI is InChI=1S/C21H27N5O/c1-25(13-14-26-12-6-5-9-19(26)27)21-17-10-11-22-15-18(17)23-20(24-21)16-7-3-2-4-8-16/h2-4,7-8,22H,5-6,9-15H2,1H3. The maximum absolute atomic E-state index is 12.1. The van der Waals surface area contributed by atoms with Crippen LogP contribution in [0.4, 0.5) is 5.82 Å². The third-order valence-electron chi connectivity index (χ3n) is 5.44. The van der Waals surface area contributed by atoms with Gasteiger partial charge in [-0.05, 0) is 25.8 Å². The van der Waals surface area contributed by atoms with Crippen molar-refractivity contribution in [2.45, 2.75) is 32.2 Å². The van der Waals surface area contributed by atoms with Crippen LogP contribution in [0.2, 0.25) is 0 Å². The molecule has 1 aromatic carbocycles. The normalized spacial score (nSPS) is 16.9. The van der Waals surface area contributed by atoms with Gasteiger partial charge in [-0.25, -0.2) is 9.97 Å². The molecule has 0 saturated carbocycles. The molecule has 0 aliphatic carbocycles. The smallest absolute Gasteiger partial charge is 0.222 e. The molecule has 1 amide bonds. The first kappa shape index (κ1) is 17.9. The molecule has 3 heterocycles. The lowest BCUT2D eigenvalue weighted by Gasteiger charge is -2.30. The molecule has 0 bridgehead atoms. The van der Waals surface area contributed by atoms with Crippen LogP contribution in [0.15, 0.2) is 30.3 Å². The van der Waals surface area contributed by atoms with E-state index in [1.807, 2.05) is 35.2 Å². The number of hydrogen-bond donors (Lipinski definition) is 1. The Balaban J connectivity index is 1.59. The monoisotopic (exact) mass is 365 g/mol. The lowest BCUT2D eigenvalue weighted by molar-refractivity contribution is -0.133. The minimum absolute atomic E-state index is 0.286. The van der Waals surface area contributed by atoms with Crippen molar-refractivity contribution in [3.05, 3.63) is 41.6 Å². The third kappa shape index (κ3) is 3.95. The molecule has 27 heavy (non-hydrogen) atoms. The van der Waals surface area contributed by atoms with Gasteiger partial charge in [0, 0.05) is 50.8 Å². The van der Waals surface area contributed by atoms with E-state index in [0.29, 0.717) is 6.42 Å². The van der Waals surface area contributed by atoms with Gasteiger partial charge in [0.05, 0.1) is 5.69 Å². The molecular weight excluding hydrogens is 338 g/mol. The van der Waals surface area contributed by atoms with E-state index < -0.39 is 0 Å². The molecular formula is C21H27N5O. The molecule has 0 spiro atoms. The van der Waals surface area contributed by atoms with Gasteiger partial charge in [0.25, 0.3) is 0 Å². The van der Waals surface area contributed by atoms with Gasteiger partial charge in [-0.1, -0.05) is 30.3 Å². The number of nitrogens with one attached hydrogen (secondary N) is 1. The van der Waals surface area contributed by atoms with Crippen LogP contribution in [-0.2, 0) is 17.8 Å². The van der Waals surface area contributed by atoms with Crippen LogP contribution < -0.4 is 10.2 Å². The molecule has 1 aromatic heterocycles. The van der Waals surface area contributed by atoms with E-state index in [9.17, 15) is 4.79 Å². The van der Waals surface area contributed by atoms with Gasteiger partial charge >= 0.3 is 0 Å². The van der Waals surface area contributed by atoms with Crippen LogP contribution in [0.25, 0.3) is 11.4 Å². The summed E-state index contributed by atoms with van der Waals surface area (Å²) in [6, 6.07) is 10.1. The lowest BCUT2D eigenvalue weighted by atomic mass is 10.1. The Bertz CT molecular complexity index is 808. The molecule has 6 heteroatoms. The summed E-state index contributed by atoms with van der Waals surface area (Å²) < 4.78 is 0. The lowest BCUT2D eigenvalue weighted by Crippen LogP contribution is -2.41. The highest BCUT2D eigenvalue weighted by molar-refractivity contribution is 5.76. The molecule has 2 aliphatic rings. The summed E-state index contributed by atoms with van der Waals surface area (Å²) in [5.74, 6) is 2.06. The third-order valence-corrected chi connectivity index (χ3v) is 5.44. The highest BCUT2D eigenvalue weighted by Gasteiger charge is 2.22. The number of rotatable bonds is 5. The fourth-order valence-electron chi connectivity index (χ4n) is 3.85. The summed E-state index contributed by atoms with van der Waals surface area (Å²) in [7, 11) is 2.08. The molecule has 0 unspecified atom stereocenters. The topological polar surface area (TPSA) is 61.4 Å². The van der Waals surface area contributed by atoms with Crippen molar-refractivity contribution in [2.75, 3.05) is 38.1 Å². The number of anilines is 1. The van der Waals surface area contributed by atoms with E-state index >= 15 is 0 Å². The van der Waals surface area contributed by atoms with Crippen molar-refractivity contribution in [2.24, 2.45) is 0 Å². The Hall–Kier alpha value is -2.47. The van der Waals surface area contributed by atoms with Crippen molar-refractivity contribution in [3.63, 3.8) is 0 Å². The number of hydrogen-bond acceptors (Lipinski definition) is 5. The molecule has 2 aliphatic heterocycles. The van der Waals surface area contributed by atoms with Gasteiger partial charge in [0.15, 0.2) is 5.82 Å². The van der Waals surface area contributed by atoms with Crippen LogP contribution in [0.5, 0.6) is 0 Å². The minimum Gasteiger partial charge on any atom is -0.358 e. The highest BCUT2D eigenvalue weighted by Crippen LogP contribution is 2.27. The van der Waals surface area contributed by atoms with E-state index in [0.717, 1.165) is 74.9 Å². The van der Waals surface area contributed by atoms with Gasteiger partial charge in [-0.2, -0.15) is 0 Å². The molecule has 0 radical (unpaired) electrons. The second-order valence-corrected chi connectivity index (χ2v) is 7.35. The summed E-state index contributed by atoms with van der Waals surface area (Å²) in [5, 5.41) is 3.41. The van der Waals surface area contributed by atoms with Crippen molar-refractivity contribution < 1.29 is 4.79 Å². The minimum atomic E-state index is 0.286. The molecule has 6 nitrogen and oxygen atoms in total. The first-order valence-electron chi connectivity index (χ1n) is 9.87. The number of fused-ring (bicyclic) bond motifs is 1. The average molecular weight is 365 g/mol. The van der Waals surface area contributed by atoms with E-state index in [2.05, 4.69) is 17.3 Å². The maximum atomic E-state index is 12.1.